The van der Waals surface area contributed by atoms with Gasteiger partial charge in [-0.25, -0.2) is 14.5 Å². The Morgan fingerprint density at radius 2 is 2.05 bits per heavy atom. The normalized spacial score (nSPS) is 21.1. The predicted octanol–water partition coefficient (Wildman–Crippen LogP) is 2.27. The third-order valence-corrected chi connectivity index (χ3v) is 4.15. The molecule has 0 spiro atoms. The van der Waals surface area contributed by atoms with E-state index in [1.807, 2.05) is 6.07 Å². The molecule has 1 saturated carbocycles. The van der Waals surface area contributed by atoms with Crippen molar-refractivity contribution in [2.24, 2.45) is 0 Å². The van der Waals surface area contributed by atoms with Crippen LogP contribution in [0.5, 0.6) is 0 Å². The third kappa shape index (κ3) is 1.59. The van der Waals surface area contributed by atoms with E-state index < -0.39 is 0 Å². The molecule has 0 radical (unpaired) electrons. The molecule has 1 fully saturated rings. The smallest absolute Gasteiger partial charge is 0.170 e. The summed E-state index contributed by atoms with van der Waals surface area (Å²) in [6, 6.07) is 10.6. The summed E-state index contributed by atoms with van der Waals surface area (Å²) in [6.07, 6.45) is 4.55. The average molecular weight is 276 g/mol. The lowest BCUT2D eigenvalue weighted by atomic mass is 10.1. The van der Waals surface area contributed by atoms with E-state index in [2.05, 4.69) is 44.5 Å². The molecule has 3 heterocycles. The lowest BCUT2D eigenvalue weighted by molar-refractivity contribution is 0.849. The fourth-order valence-electron chi connectivity index (χ4n) is 2.96. The largest absolute Gasteiger partial charge is 0.261 e. The molecule has 6 heteroatoms. The number of aromatic amines is 1. The molecule has 5 rings (SSSR count). The van der Waals surface area contributed by atoms with Gasteiger partial charge in [0.2, 0.25) is 0 Å². The summed E-state index contributed by atoms with van der Waals surface area (Å²) in [5.74, 6) is 1.85. The second kappa shape index (κ2) is 3.88. The second-order valence-electron chi connectivity index (χ2n) is 5.47. The molecule has 3 aromatic heterocycles. The zero-order valence-corrected chi connectivity index (χ0v) is 11.1. The van der Waals surface area contributed by atoms with Crippen molar-refractivity contribution in [1.29, 1.82) is 0 Å². The van der Waals surface area contributed by atoms with Gasteiger partial charge in [0.25, 0.3) is 0 Å². The van der Waals surface area contributed by atoms with E-state index >= 15 is 0 Å². The van der Waals surface area contributed by atoms with Crippen LogP contribution in [0.4, 0.5) is 0 Å². The molecule has 0 saturated heterocycles. The molecule has 1 aliphatic rings. The highest BCUT2D eigenvalue weighted by Gasteiger charge is 2.42. The number of nitrogens with one attached hydrogen (secondary N) is 1. The van der Waals surface area contributed by atoms with E-state index in [-0.39, 0.29) is 0 Å². The lowest BCUT2D eigenvalue weighted by Gasteiger charge is -1.96. The van der Waals surface area contributed by atoms with Crippen LogP contribution in [0.2, 0.25) is 0 Å². The minimum atomic E-state index is 0.411. The Labute approximate surface area is 119 Å². The summed E-state index contributed by atoms with van der Waals surface area (Å²) in [4.78, 5) is 8.98. The molecule has 0 aliphatic heterocycles. The Morgan fingerprint density at radius 3 is 2.95 bits per heavy atom. The van der Waals surface area contributed by atoms with E-state index in [0.29, 0.717) is 11.8 Å². The summed E-state index contributed by atoms with van der Waals surface area (Å²) >= 11 is 0. The molecule has 2 atom stereocenters. The van der Waals surface area contributed by atoms with Crippen LogP contribution in [0.1, 0.15) is 29.6 Å². The van der Waals surface area contributed by atoms with E-state index in [0.717, 1.165) is 28.9 Å². The summed E-state index contributed by atoms with van der Waals surface area (Å²) in [7, 11) is 0. The van der Waals surface area contributed by atoms with Crippen LogP contribution >= 0.6 is 0 Å². The highest BCUT2D eigenvalue weighted by Crippen LogP contribution is 2.53. The maximum absolute atomic E-state index is 4.70. The number of aromatic nitrogens is 6. The number of nitrogens with zero attached hydrogens (tertiary/aromatic N) is 5. The minimum absolute atomic E-state index is 0.411. The molecule has 1 aromatic carbocycles. The molecule has 6 nitrogen and oxygen atoms in total. The van der Waals surface area contributed by atoms with Crippen molar-refractivity contribution in [3.63, 3.8) is 0 Å². The van der Waals surface area contributed by atoms with Crippen molar-refractivity contribution in [3.05, 3.63) is 54.2 Å². The first-order valence-corrected chi connectivity index (χ1v) is 6.99. The van der Waals surface area contributed by atoms with Crippen molar-refractivity contribution >= 4 is 16.7 Å². The van der Waals surface area contributed by atoms with Crippen molar-refractivity contribution in [2.45, 2.75) is 18.3 Å². The lowest BCUT2D eigenvalue weighted by Crippen LogP contribution is -1.91. The van der Waals surface area contributed by atoms with Crippen LogP contribution in [0.15, 0.2) is 42.9 Å². The van der Waals surface area contributed by atoms with Crippen LogP contribution in [-0.4, -0.2) is 29.8 Å². The summed E-state index contributed by atoms with van der Waals surface area (Å²) in [6.45, 7) is 0. The number of benzene rings is 1. The zero-order chi connectivity index (χ0) is 13.8. The standard InChI is InChI=1S/C15H12N6/c1-2-4-9(5-3-1)10-6-11(10)14-18-15-12-7-17-19-13(12)16-8-21(15)20-14/h1-5,7-8,10-11H,6H2,(H,17,19). The Bertz CT molecular complexity index is 939. The van der Waals surface area contributed by atoms with Gasteiger partial charge in [-0.05, 0) is 17.9 Å². The minimum Gasteiger partial charge on any atom is -0.261 e. The van der Waals surface area contributed by atoms with Crippen LogP contribution in [0, 0.1) is 0 Å². The molecule has 2 unspecified atom stereocenters. The monoisotopic (exact) mass is 276 g/mol. The molecule has 1 N–H and O–H groups in total. The SMILES string of the molecule is c1ccc(C2CC2c2nc3c4cn[nH]c4ncn3n2)cc1. The van der Waals surface area contributed by atoms with Gasteiger partial charge in [0.1, 0.15) is 6.33 Å². The van der Waals surface area contributed by atoms with Crippen LogP contribution < -0.4 is 0 Å². The van der Waals surface area contributed by atoms with E-state index in [1.165, 1.54) is 5.56 Å². The molecule has 0 amide bonds. The Balaban J connectivity index is 1.57. The van der Waals surface area contributed by atoms with Crippen molar-refractivity contribution in [3.8, 4) is 0 Å². The predicted molar refractivity (Wildman–Crippen MR) is 77.0 cm³/mol. The summed E-state index contributed by atoms with van der Waals surface area (Å²) in [5.41, 5.74) is 2.94. The molecule has 4 aromatic rings. The molecule has 0 bridgehead atoms. The molecule has 102 valence electrons. The second-order valence-corrected chi connectivity index (χ2v) is 5.47. The quantitative estimate of drug-likeness (QED) is 0.609. The third-order valence-electron chi connectivity index (χ3n) is 4.15. The number of hydrogen-bond acceptors (Lipinski definition) is 4. The summed E-state index contributed by atoms with van der Waals surface area (Å²) < 4.78 is 1.74. The molecule has 21 heavy (non-hydrogen) atoms. The number of fused-ring (bicyclic) bond motifs is 3. The van der Waals surface area contributed by atoms with Crippen LogP contribution in [0.3, 0.4) is 0 Å². The van der Waals surface area contributed by atoms with Gasteiger partial charge in [0, 0.05) is 5.92 Å². The number of rotatable bonds is 2. The van der Waals surface area contributed by atoms with Gasteiger partial charge in [-0.15, -0.1) is 5.10 Å². The Hall–Kier alpha value is -2.76. The first kappa shape index (κ1) is 11.0. The fraction of sp³-hybridized carbons (Fsp3) is 0.200. The van der Waals surface area contributed by atoms with E-state index in [9.17, 15) is 0 Å². The van der Waals surface area contributed by atoms with Gasteiger partial charge in [-0.2, -0.15) is 5.10 Å². The first-order chi connectivity index (χ1) is 10.4. The maximum atomic E-state index is 4.70. The molecular formula is C15H12N6. The van der Waals surface area contributed by atoms with Crippen molar-refractivity contribution in [2.75, 3.05) is 0 Å². The van der Waals surface area contributed by atoms with Gasteiger partial charge < -0.3 is 0 Å². The average Bonchev–Trinajstić information content (AvgIpc) is 2.98. The van der Waals surface area contributed by atoms with Crippen LogP contribution in [-0.2, 0) is 0 Å². The van der Waals surface area contributed by atoms with Gasteiger partial charge in [-0.1, -0.05) is 30.3 Å². The highest BCUT2D eigenvalue weighted by molar-refractivity contribution is 5.87. The number of H-pyrrole nitrogens is 1. The fourth-order valence-corrected chi connectivity index (χ4v) is 2.96. The molecular weight excluding hydrogens is 264 g/mol. The summed E-state index contributed by atoms with van der Waals surface area (Å²) in [5, 5.41) is 12.4. The Kier molecular flexibility index (Phi) is 2.02. The van der Waals surface area contributed by atoms with Crippen molar-refractivity contribution in [1.82, 2.24) is 29.8 Å². The zero-order valence-electron chi connectivity index (χ0n) is 11.1. The van der Waals surface area contributed by atoms with Gasteiger partial charge in [0.15, 0.2) is 17.1 Å². The maximum Gasteiger partial charge on any atom is 0.170 e. The molecule has 1 aliphatic carbocycles. The first-order valence-electron chi connectivity index (χ1n) is 6.99. The van der Waals surface area contributed by atoms with Gasteiger partial charge >= 0.3 is 0 Å². The van der Waals surface area contributed by atoms with E-state index in [1.54, 1.807) is 17.0 Å². The number of hydrogen-bond donors (Lipinski definition) is 1. The van der Waals surface area contributed by atoms with E-state index in [4.69, 9.17) is 4.98 Å². The van der Waals surface area contributed by atoms with Gasteiger partial charge in [-0.3, -0.25) is 5.10 Å². The van der Waals surface area contributed by atoms with Crippen molar-refractivity contribution < 1.29 is 0 Å². The highest BCUT2D eigenvalue weighted by atomic mass is 15.3. The van der Waals surface area contributed by atoms with Crippen LogP contribution in [0.25, 0.3) is 16.7 Å². The van der Waals surface area contributed by atoms with Gasteiger partial charge in [0.05, 0.1) is 11.6 Å². The Morgan fingerprint density at radius 1 is 1.14 bits per heavy atom. The topological polar surface area (TPSA) is 71.8 Å².